The van der Waals surface area contributed by atoms with Gasteiger partial charge in [-0.15, -0.1) is 45.5 Å². The average Bonchev–Trinajstić information content (AvgIpc) is 3.10. The summed E-state index contributed by atoms with van der Waals surface area (Å²) in [6, 6.07) is 3.60. The van der Waals surface area contributed by atoms with Crippen molar-refractivity contribution in [2.75, 3.05) is 13.1 Å². The molecule has 23 heavy (non-hydrogen) atoms. The minimum Gasteiger partial charge on any atom is -0.386 e. The maximum atomic E-state index is 10.1. The molecule has 0 radical (unpaired) electrons. The zero-order valence-electron chi connectivity index (χ0n) is 12.9. The third-order valence-corrected chi connectivity index (χ3v) is 4.25. The molecule has 128 valence electrons. The van der Waals surface area contributed by atoms with Crippen LogP contribution in [0.4, 0.5) is 0 Å². The van der Waals surface area contributed by atoms with E-state index in [0.717, 1.165) is 17.2 Å². The number of aliphatic hydroxyl groups is 1. The van der Waals surface area contributed by atoms with Gasteiger partial charge in [-0.1, -0.05) is 11.6 Å². The summed E-state index contributed by atoms with van der Waals surface area (Å²) in [5.74, 6) is 1.38. The van der Waals surface area contributed by atoms with Gasteiger partial charge in [0.25, 0.3) is 0 Å². The first kappa shape index (κ1) is 20.1. The normalized spacial score (nSPS) is 12.6. The van der Waals surface area contributed by atoms with Crippen LogP contribution in [0.2, 0.25) is 4.34 Å². The van der Waals surface area contributed by atoms with Crippen LogP contribution in [0, 0.1) is 0 Å². The van der Waals surface area contributed by atoms with E-state index in [1.165, 1.54) is 11.3 Å². The fraction of sp³-hybridized carbons (Fsp3) is 0.462. The van der Waals surface area contributed by atoms with Crippen LogP contribution >= 0.6 is 46.9 Å². The summed E-state index contributed by atoms with van der Waals surface area (Å²) in [5.41, 5.74) is 0. The number of nitrogens with zero attached hydrogens (tertiary/aromatic N) is 4. The van der Waals surface area contributed by atoms with Crippen molar-refractivity contribution in [1.82, 2.24) is 25.4 Å². The van der Waals surface area contributed by atoms with Gasteiger partial charge in [-0.25, -0.2) is 4.99 Å². The molecule has 2 heterocycles. The number of aliphatic imine (C=N–C) groups is 1. The number of guanidine groups is 1. The maximum absolute atomic E-state index is 10.1. The lowest BCUT2D eigenvalue weighted by Gasteiger charge is -2.14. The van der Waals surface area contributed by atoms with Crippen molar-refractivity contribution in [3.63, 3.8) is 0 Å². The Labute approximate surface area is 161 Å². The van der Waals surface area contributed by atoms with Gasteiger partial charge >= 0.3 is 0 Å². The molecule has 0 amide bonds. The van der Waals surface area contributed by atoms with Crippen LogP contribution in [-0.2, 0) is 13.6 Å². The number of aryl methyl sites for hydroxylation is 1. The monoisotopic (exact) mass is 470 g/mol. The van der Waals surface area contributed by atoms with E-state index < -0.39 is 6.10 Å². The molecule has 0 saturated carbocycles. The molecule has 10 heteroatoms. The molecule has 0 spiro atoms. The molecule has 1 unspecified atom stereocenters. The van der Waals surface area contributed by atoms with Crippen molar-refractivity contribution in [1.29, 1.82) is 0 Å². The van der Waals surface area contributed by atoms with Gasteiger partial charge in [0.1, 0.15) is 19.0 Å². The van der Waals surface area contributed by atoms with E-state index in [0.29, 0.717) is 23.4 Å². The summed E-state index contributed by atoms with van der Waals surface area (Å²) in [5, 5.41) is 24.2. The Morgan fingerprint density at radius 2 is 2.26 bits per heavy atom. The van der Waals surface area contributed by atoms with Crippen LogP contribution in [0.15, 0.2) is 23.5 Å². The van der Waals surface area contributed by atoms with Gasteiger partial charge in [-0.2, -0.15) is 0 Å². The molecule has 0 fully saturated rings. The minimum absolute atomic E-state index is 0. The smallest absolute Gasteiger partial charge is 0.191 e. The largest absolute Gasteiger partial charge is 0.386 e. The van der Waals surface area contributed by atoms with Crippen molar-refractivity contribution in [3.05, 3.63) is 33.5 Å². The molecule has 0 aromatic carbocycles. The first-order valence-electron chi connectivity index (χ1n) is 6.88. The lowest BCUT2D eigenvalue weighted by atomic mass is 10.3. The van der Waals surface area contributed by atoms with E-state index >= 15 is 0 Å². The molecule has 0 bridgehead atoms. The second-order valence-electron chi connectivity index (χ2n) is 4.59. The highest BCUT2D eigenvalue weighted by molar-refractivity contribution is 14.0. The van der Waals surface area contributed by atoms with Crippen LogP contribution in [0.1, 0.15) is 23.7 Å². The number of hydrogen-bond acceptors (Lipinski definition) is 5. The lowest BCUT2D eigenvalue weighted by molar-refractivity contribution is 0.184. The summed E-state index contributed by atoms with van der Waals surface area (Å²) >= 11 is 7.24. The van der Waals surface area contributed by atoms with Crippen LogP contribution in [0.3, 0.4) is 0 Å². The SMILES string of the molecule is CCNC(=NCc1nncn1C)NCC(O)c1ccc(Cl)s1.I. The molecule has 3 N–H and O–H groups in total. The van der Waals surface area contributed by atoms with E-state index in [1.54, 1.807) is 12.4 Å². The second-order valence-corrected chi connectivity index (χ2v) is 6.34. The molecule has 2 aromatic rings. The third kappa shape index (κ3) is 6.24. The van der Waals surface area contributed by atoms with Crippen molar-refractivity contribution in [2.24, 2.45) is 12.0 Å². The van der Waals surface area contributed by atoms with Crippen LogP contribution in [0.25, 0.3) is 0 Å². The van der Waals surface area contributed by atoms with Gasteiger partial charge < -0.3 is 20.3 Å². The maximum Gasteiger partial charge on any atom is 0.191 e. The van der Waals surface area contributed by atoms with Gasteiger partial charge in [0.2, 0.25) is 0 Å². The third-order valence-electron chi connectivity index (χ3n) is 2.91. The van der Waals surface area contributed by atoms with E-state index in [2.05, 4.69) is 25.8 Å². The summed E-state index contributed by atoms with van der Waals surface area (Å²) in [4.78, 5) is 5.25. The van der Waals surface area contributed by atoms with Crippen LogP contribution in [0.5, 0.6) is 0 Å². The molecule has 0 saturated heterocycles. The van der Waals surface area contributed by atoms with Gasteiger partial charge in [-0.3, -0.25) is 0 Å². The van der Waals surface area contributed by atoms with Crippen molar-refractivity contribution in [2.45, 2.75) is 19.6 Å². The second kappa shape index (κ2) is 10.1. The molecule has 2 rings (SSSR count). The van der Waals surface area contributed by atoms with Crippen molar-refractivity contribution in [3.8, 4) is 0 Å². The standard InChI is InChI=1S/C13H19ClN6OS.HI/c1-3-15-13(17-7-12-19-18-8-20(12)2)16-6-9(21)10-4-5-11(14)22-10;/h4-5,8-9,21H,3,6-7H2,1-2H3,(H2,15,16,17);1H. The Morgan fingerprint density at radius 1 is 1.48 bits per heavy atom. The summed E-state index contributed by atoms with van der Waals surface area (Å²) in [7, 11) is 1.87. The highest BCUT2D eigenvalue weighted by Crippen LogP contribution is 2.26. The van der Waals surface area contributed by atoms with E-state index in [4.69, 9.17) is 11.6 Å². The summed E-state index contributed by atoms with van der Waals surface area (Å²) < 4.78 is 2.48. The van der Waals surface area contributed by atoms with Gasteiger partial charge in [0.05, 0.1) is 4.34 Å². The molecule has 0 aliphatic carbocycles. The Balaban J connectivity index is 0.00000264. The Morgan fingerprint density at radius 3 is 2.83 bits per heavy atom. The average molecular weight is 471 g/mol. The number of hydrogen-bond donors (Lipinski definition) is 3. The van der Waals surface area contributed by atoms with Crippen molar-refractivity contribution < 1.29 is 5.11 Å². The van der Waals surface area contributed by atoms with Gasteiger partial charge in [0.15, 0.2) is 11.8 Å². The van der Waals surface area contributed by atoms with Crippen molar-refractivity contribution >= 4 is 52.9 Å². The fourth-order valence-corrected chi connectivity index (χ4v) is 2.79. The minimum atomic E-state index is -0.629. The molecule has 1 atom stereocenters. The quantitative estimate of drug-likeness (QED) is 0.341. The molecule has 0 aliphatic heterocycles. The number of thiophene rings is 1. The zero-order valence-corrected chi connectivity index (χ0v) is 16.8. The number of aromatic nitrogens is 3. The molecule has 0 aliphatic rings. The molecule has 2 aromatic heterocycles. The fourth-order valence-electron chi connectivity index (χ4n) is 1.74. The summed E-state index contributed by atoms with van der Waals surface area (Å²) in [6.45, 7) is 3.47. The van der Waals surface area contributed by atoms with Crippen LogP contribution in [-0.4, -0.2) is 38.9 Å². The van der Waals surface area contributed by atoms with E-state index in [9.17, 15) is 5.11 Å². The number of aliphatic hydroxyl groups excluding tert-OH is 1. The number of rotatable bonds is 6. The highest BCUT2D eigenvalue weighted by Gasteiger charge is 2.11. The summed E-state index contributed by atoms with van der Waals surface area (Å²) in [6.07, 6.45) is 1.01. The first-order valence-corrected chi connectivity index (χ1v) is 8.08. The predicted molar refractivity (Wildman–Crippen MR) is 104 cm³/mol. The number of nitrogens with one attached hydrogen (secondary N) is 2. The molecule has 7 nitrogen and oxygen atoms in total. The molecular formula is C13H20ClIN6OS. The Bertz CT molecular complexity index is 632. The highest BCUT2D eigenvalue weighted by atomic mass is 127. The van der Waals surface area contributed by atoms with E-state index in [-0.39, 0.29) is 24.0 Å². The molecular weight excluding hydrogens is 451 g/mol. The topological polar surface area (TPSA) is 87.4 Å². The van der Waals surface area contributed by atoms with E-state index in [1.807, 2.05) is 24.6 Å². The lowest BCUT2D eigenvalue weighted by Crippen LogP contribution is -2.39. The first-order chi connectivity index (χ1) is 10.6. The zero-order chi connectivity index (χ0) is 15.9. The van der Waals surface area contributed by atoms with Gasteiger partial charge in [-0.05, 0) is 19.1 Å². The Kier molecular flexibility index (Phi) is 8.81. The van der Waals surface area contributed by atoms with Crippen LogP contribution < -0.4 is 10.6 Å². The predicted octanol–water partition coefficient (Wildman–Crippen LogP) is 1.94. The van der Waals surface area contributed by atoms with Gasteiger partial charge in [0, 0.05) is 25.0 Å². The Hall–Kier alpha value is -0.910. The number of halogens is 2.